The third-order valence-corrected chi connectivity index (χ3v) is 4.31. The number of ether oxygens (including phenoxy) is 2. The van der Waals surface area contributed by atoms with Crippen molar-refractivity contribution in [3.05, 3.63) is 72.3 Å². The average molecular weight is 318 g/mol. The summed E-state index contributed by atoms with van der Waals surface area (Å²) in [4.78, 5) is 0. The van der Waals surface area contributed by atoms with E-state index in [1.165, 1.54) is 27.8 Å². The molecule has 3 aromatic carbocycles. The molecule has 3 aromatic rings. The van der Waals surface area contributed by atoms with E-state index in [9.17, 15) is 0 Å². The molecule has 0 heterocycles. The zero-order chi connectivity index (χ0) is 16.9. The molecule has 122 valence electrons. The van der Waals surface area contributed by atoms with Gasteiger partial charge in [-0.3, -0.25) is 0 Å². The minimum atomic E-state index is 0.876. The van der Waals surface area contributed by atoms with E-state index in [2.05, 4.69) is 55.5 Å². The lowest BCUT2D eigenvalue weighted by atomic mass is 9.95. The Labute approximate surface area is 143 Å². The van der Waals surface area contributed by atoms with Crippen LogP contribution >= 0.6 is 0 Å². The third kappa shape index (κ3) is 3.28. The first-order chi connectivity index (χ1) is 11.7. The molecule has 0 amide bonds. The minimum Gasteiger partial charge on any atom is -0.497 e. The molecule has 24 heavy (non-hydrogen) atoms. The molecule has 0 aliphatic carbocycles. The van der Waals surface area contributed by atoms with Crippen LogP contribution < -0.4 is 9.47 Å². The second-order valence-electron chi connectivity index (χ2n) is 5.68. The number of rotatable bonds is 5. The molecule has 0 N–H and O–H groups in total. The number of methoxy groups -OCH3 is 2. The molecule has 3 rings (SSSR count). The molecule has 0 radical (unpaired) electrons. The van der Waals surface area contributed by atoms with Gasteiger partial charge in [0.2, 0.25) is 0 Å². The predicted molar refractivity (Wildman–Crippen MR) is 99.8 cm³/mol. The summed E-state index contributed by atoms with van der Waals surface area (Å²) in [6.07, 6.45) is 0.979. The number of hydrogen-bond acceptors (Lipinski definition) is 2. The molecule has 0 fully saturated rings. The van der Waals surface area contributed by atoms with Gasteiger partial charge in [0.15, 0.2) is 0 Å². The highest BCUT2D eigenvalue weighted by atomic mass is 16.5. The van der Waals surface area contributed by atoms with Crippen LogP contribution in [0, 0.1) is 0 Å². The van der Waals surface area contributed by atoms with Crippen molar-refractivity contribution in [2.75, 3.05) is 14.2 Å². The first kappa shape index (κ1) is 16.1. The van der Waals surface area contributed by atoms with E-state index in [1.54, 1.807) is 14.2 Å². The standard InChI is InChI=1S/C22H22O2/c1-4-16-15-21(24-3)13-14-22(16)19-7-5-17(6-8-19)18-9-11-20(23-2)12-10-18/h5-15H,4H2,1-3H3. The number of hydrogen-bond donors (Lipinski definition) is 0. The van der Waals surface area contributed by atoms with Gasteiger partial charge >= 0.3 is 0 Å². The zero-order valence-electron chi connectivity index (χ0n) is 14.4. The largest absolute Gasteiger partial charge is 0.497 e. The van der Waals surface area contributed by atoms with Crippen molar-refractivity contribution in [1.82, 2.24) is 0 Å². The van der Waals surface area contributed by atoms with E-state index >= 15 is 0 Å². The lowest BCUT2D eigenvalue weighted by molar-refractivity contribution is 0.414. The Morgan fingerprint density at radius 1 is 0.625 bits per heavy atom. The van der Waals surface area contributed by atoms with Crippen molar-refractivity contribution in [2.24, 2.45) is 0 Å². The van der Waals surface area contributed by atoms with Gasteiger partial charge in [-0.2, -0.15) is 0 Å². The summed E-state index contributed by atoms with van der Waals surface area (Å²) in [6.45, 7) is 2.17. The minimum absolute atomic E-state index is 0.876. The predicted octanol–water partition coefficient (Wildman–Crippen LogP) is 5.60. The van der Waals surface area contributed by atoms with Crippen LogP contribution in [0.5, 0.6) is 11.5 Å². The normalized spacial score (nSPS) is 10.5. The molecule has 0 aromatic heterocycles. The second kappa shape index (κ2) is 7.22. The molecule has 0 aliphatic rings. The highest BCUT2D eigenvalue weighted by Crippen LogP contribution is 2.30. The Hall–Kier alpha value is -2.74. The van der Waals surface area contributed by atoms with E-state index in [-0.39, 0.29) is 0 Å². The highest BCUT2D eigenvalue weighted by Gasteiger charge is 2.06. The zero-order valence-corrected chi connectivity index (χ0v) is 14.4. The summed E-state index contributed by atoms with van der Waals surface area (Å²) < 4.78 is 10.5. The Bertz CT molecular complexity index is 802. The summed E-state index contributed by atoms with van der Waals surface area (Å²) in [6, 6.07) is 23.1. The lowest BCUT2D eigenvalue weighted by Crippen LogP contribution is -1.91. The summed E-state index contributed by atoms with van der Waals surface area (Å²) >= 11 is 0. The monoisotopic (exact) mass is 318 g/mol. The smallest absolute Gasteiger partial charge is 0.119 e. The lowest BCUT2D eigenvalue weighted by Gasteiger charge is -2.11. The maximum absolute atomic E-state index is 5.33. The van der Waals surface area contributed by atoms with Crippen molar-refractivity contribution in [1.29, 1.82) is 0 Å². The molecule has 0 aliphatic heterocycles. The number of benzene rings is 3. The van der Waals surface area contributed by atoms with Crippen LogP contribution in [-0.4, -0.2) is 14.2 Å². The van der Waals surface area contributed by atoms with Crippen LogP contribution in [0.15, 0.2) is 66.7 Å². The van der Waals surface area contributed by atoms with Gasteiger partial charge in [0.05, 0.1) is 14.2 Å². The Morgan fingerprint density at radius 2 is 1.12 bits per heavy atom. The summed E-state index contributed by atoms with van der Waals surface area (Å²) in [7, 11) is 3.39. The molecule has 0 atom stereocenters. The van der Waals surface area contributed by atoms with E-state index in [0.29, 0.717) is 0 Å². The summed E-state index contributed by atoms with van der Waals surface area (Å²) in [5.41, 5.74) is 6.18. The van der Waals surface area contributed by atoms with Crippen molar-refractivity contribution in [2.45, 2.75) is 13.3 Å². The summed E-state index contributed by atoms with van der Waals surface area (Å²) in [5, 5.41) is 0. The van der Waals surface area contributed by atoms with Crippen molar-refractivity contribution >= 4 is 0 Å². The highest BCUT2D eigenvalue weighted by molar-refractivity contribution is 5.73. The summed E-state index contributed by atoms with van der Waals surface area (Å²) in [5.74, 6) is 1.78. The van der Waals surface area contributed by atoms with Crippen molar-refractivity contribution < 1.29 is 9.47 Å². The van der Waals surface area contributed by atoms with E-state index in [4.69, 9.17) is 9.47 Å². The Kier molecular flexibility index (Phi) is 4.85. The van der Waals surface area contributed by atoms with Crippen LogP contribution in [-0.2, 0) is 6.42 Å². The van der Waals surface area contributed by atoms with Gasteiger partial charge in [-0.15, -0.1) is 0 Å². The SMILES string of the molecule is CCc1cc(OC)ccc1-c1ccc(-c2ccc(OC)cc2)cc1. The molecular weight excluding hydrogens is 296 g/mol. The van der Waals surface area contributed by atoms with Gasteiger partial charge in [0.1, 0.15) is 11.5 Å². The van der Waals surface area contributed by atoms with Gasteiger partial charge in [-0.1, -0.05) is 49.4 Å². The van der Waals surface area contributed by atoms with Gasteiger partial charge in [0, 0.05) is 0 Å². The van der Waals surface area contributed by atoms with Crippen LogP contribution in [0.4, 0.5) is 0 Å². The van der Waals surface area contributed by atoms with Crippen molar-refractivity contribution in [3.8, 4) is 33.8 Å². The Balaban J connectivity index is 1.91. The van der Waals surface area contributed by atoms with E-state index in [0.717, 1.165) is 17.9 Å². The molecular formula is C22H22O2. The molecule has 0 saturated carbocycles. The fraction of sp³-hybridized carbons (Fsp3) is 0.182. The fourth-order valence-corrected chi connectivity index (χ4v) is 2.90. The van der Waals surface area contributed by atoms with Crippen LogP contribution in [0.1, 0.15) is 12.5 Å². The van der Waals surface area contributed by atoms with E-state index < -0.39 is 0 Å². The molecule has 0 bridgehead atoms. The van der Waals surface area contributed by atoms with Crippen LogP contribution in [0.2, 0.25) is 0 Å². The molecule has 0 saturated heterocycles. The first-order valence-electron chi connectivity index (χ1n) is 8.17. The van der Waals surface area contributed by atoms with Crippen LogP contribution in [0.3, 0.4) is 0 Å². The van der Waals surface area contributed by atoms with Gasteiger partial charge in [-0.05, 0) is 58.5 Å². The molecule has 2 heteroatoms. The fourth-order valence-electron chi connectivity index (χ4n) is 2.90. The maximum atomic E-state index is 5.33. The molecule has 2 nitrogen and oxygen atoms in total. The van der Waals surface area contributed by atoms with Gasteiger partial charge < -0.3 is 9.47 Å². The van der Waals surface area contributed by atoms with Gasteiger partial charge in [0.25, 0.3) is 0 Å². The van der Waals surface area contributed by atoms with Crippen molar-refractivity contribution in [3.63, 3.8) is 0 Å². The average Bonchev–Trinajstić information content (AvgIpc) is 2.67. The second-order valence-corrected chi connectivity index (χ2v) is 5.68. The third-order valence-electron chi connectivity index (χ3n) is 4.31. The quantitative estimate of drug-likeness (QED) is 0.609. The molecule has 0 spiro atoms. The van der Waals surface area contributed by atoms with E-state index in [1.807, 2.05) is 18.2 Å². The number of aryl methyl sites for hydroxylation is 1. The van der Waals surface area contributed by atoms with Gasteiger partial charge in [-0.25, -0.2) is 0 Å². The Morgan fingerprint density at radius 3 is 1.67 bits per heavy atom. The topological polar surface area (TPSA) is 18.5 Å². The van der Waals surface area contributed by atoms with Crippen LogP contribution in [0.25, 0.3) is 22.3 Å². The molecule has 0 unspecified atom stereocenters. The maximum Gasteiger partial charge on any atom is 0.119 e. The first-order valence-corrected chi connectivity index (χ1v) is 8.17.